The summed E-state index contributed by atoms with van der Waals surface area (Å²) in [6.07, 6.45) is 0. The summed E-state index contributed by atoms with van der Waals surface area (Å²) < 4.78 is 0. The minimum Gasteiger partial charge on any atom is -0.508 e. The Kier molecular flexibility index (Phi) is 5.78. The molecule has 2 N–H and O–H groups in total. The molecule has 0 saturated carbocycles. The van der Waals surface area contributed by atoms with Crippen molar-refractivity contribution in [3.8, 4) is 5.75 Å². The zero-order valence-corrected chi connectivity index (χ0v) is 15.6. The number of hydrogen-bond acceptors (Lipinski definition) is 3. The standard InChI is InChI=1S/C21H27N3O2/c1-17(21(26)22(2)16-18-6-4-3-5-7-18)23-12-14-24(15-13-23)19-8-10-20(25)11-9-19/h3-11,17,25H,12-16H2,1-2H3/p+1/t17-/m1/s1. The number of aromatic hydroxyl groups is 1. The molecule has 3 rings (SSSR count). The zero-order chi connectivity index (χ0) is 18.5. The second-order valence-corrected chi connectivity index (χ2v) is 7.06. The molecule has 5 nitrogen and oxygen atoms in total. The van der Waals surface area contributed by atoms with Crippen molar-refractivity contribution in [1.29, 1.82) is 0 Å². The first kappa shape index (κ1) is 18.3. The van der Waals surface area contributed by atoms with Gasteiger partial charge in [0.1, 0.15) is 5.75 Å². The van der Waals surface area contributed by atoms with Crippen LogP contribution in [-0.2, 0) is 11.3 Å². The van der Waals surface area contributed by atoms with E-state index in [-0.39, 0.29) is 11.9 Å². The summed E-state index contributed by atoms with van der Waals surface area (Å²) in [7, 11) is 1.89. The van der Waals surface area contributed by atoms with Gasteiger partial charge < -0.3 is 19.8 Å². The van der Waals surface area contributed by atoms with Gasteiger partial charge in [0.15, 0.2) is 6.04 Å². The molecule has 138 valence electrons. The molecule has 1 amide bonds. The lowest BCUT2D eigenvalue weighted by Gasteiger charge is -2.37. The van der Waals surface area contributed by atoms with Gasteiger partial charge in [0.2, 0.25) is 0 Å². The molecule has 1 atom stereocenters. The predicted octanol–water partition coefficient (Wildman–Crippen LogP) is 1.14. The van der Waals surface area contributed by atoms with E-state index in [2.05, 4.69) is 17.0 Å². The normalized spacial score (nSPS) is 16.3. The van der Waals surface area contributed by atoms with E-state index in [0.717, 1.165) is 37.4 Å². The molecule has 2 aromatic carbocycles. The highest BCUT2D eigenvalue weighted by Gasteiger charge is 2.31. The van der Waals surface area contributed by atoms with Crippen LogP contribution in [0.25, 0.3) is 0 Å². The van der Waals surface area contributed by atoms with Crippen molar-refractivity contribution in [3.63, 3.8) is 0 Å². The fraction of sp³-hybridized carbons (Fsp3) is 0.381. The maximum atomic E-state index is 12.8. The number of nitrogens with one attached hydrogen (secondary N) is 1. The molecule has 26 heavy (non-hydrogen) atoms. The van der Waals surface area contributed by atoms with Crippen molar-refractivity contribution in [2.45, 2.75) is 19.5 Å². The summed E-state index contributed by atoms with van der Waals surface area (Å²) >= 11 is 0. The molecule has 1 fully saturated rings. The van der Waals surface area contributed by atoms with Crippen LogP contribution >= 0.6 is 0 Å². The van der Waals surface area contributed by atoms with Crippen LogP contribution in [0.15, 0.2) is 54.6 Å². The number of benzene rings is 2. The van der Waals surface area contributed by atoms with Gasteiger partial charge in [-0.05, 0) is 36.8 Å². The molecule has 1 aliphatic rings. The molecule has 1 aliphatic heterocycles. The van der Waals surface area contributed by atoms with E-state index >= 15 is 0 Å². The monoisotopic (exact) mass is 354 g/mol. The number of anilines is 1. The Labute approximate surface area is 155 Å². The van der Waals surface area contributed by atoms with Gasteiger partial charge in [-0.3, -0.25) is 4.79 Å². The topological polar surface area (TPSA) is 48.2 Å². The van der Waals surface area contributed by atoms with Crippen molar-refractivity contribution < 1.29 is 14.8 Å². The van der Waals surface area contributed by atoms with E-state index in [1.807, 2.05) is 49.2 Å². The first-order valence-corrected chi connectivity index (χ1v) is 9.22. The molecule has 0 aromatic heterocycles. The minimum atomic E-state index is -0.0364. The van der Waals surface area contributed by atoms with Crippen LogP contribution in [0.4, 0.5) is 5.69 Å². The average molecular weight is 354 g/mol. The Morgan fingerprint density at radius 1 is 1.12 bits per heavy atom. The lowest BCUT2D eigenvalue weighted by atomic mass is 10.1. The van der Waals surface area contributed by atoms with E-state index in [4.69, 9.17) is 0 Å². The summed E-state index contributed by atoms with van der Waals surface area (Å²) in [6, 6.07) is 17.4. The smallest absolute Gasteiger partial charge is 0.280 e. The number of rotatable bonds is 5. The van der Waals surface area contributed by atoms with E-state index in [9.17, 15) is 9.90 Å². The quantitative estimate of drug-likeness (QED) is 0.847. The third kappa shape index (κ3) is 4.35. The third-order valence-corrected chi connectivity index (χ3v) is 5.24. The number of carbonyl (C=O) groups excluding carboxylic acids is 1. The maximum Gasteiger partial charge on any atom is 0.280 e. The SMILES string of the molecule is C[C@H](C(=O)N(C)Cc1ccccc1)[NH+]1CCN(c2ccc(O)cc2)CC1. The summed E-state index contributed by atoms with van der Waals surface area (Å²) in [5, 5.41) is 9.42. The number of carbonyl (C=O) groups is 1. The van der Waals surface area contributed by atoms with Gasteiger partial charge in [0, 0.05) is 19.3 Å². The molecule has 0 radical (unpaired) electrons. The molecule has 0 aliphatic carbocycles. The Morgan fingerprint density at radius 3 is 2.35 bits per heavy atom. The number of phenols is 1. The summed E-state index contributed by atoms with van der Waals surface area (Å²) in [4.78, 5) is 18.3. The van der Waals surface area contributed by atoms with Gasteiger partial charge in [-0.25, -0.2) is 0 Å². The van der Waals surface area contributed by atoms with E-state index in [1.165, 1.54) is 4.90 Å². The average Bonchev–Trinajstić information content (AvgIpc) is 2.68. The summed E-state index contributed by atoms with van der Waals surface area (Å²) in [5.74, 6) is 0.487. The molecular formula is C21H28N3O2+. The molecule has 0 bridgehead atoms. The number of piperazine rings is 1. The van der Waals surface area contributed by atoms with Crippen LogP contribution in [0.3, 0.4) is 0 Å². The summed E-state index contributed by atoms with van der Waals surface area (Å²) in [6.45, 7) is 6.40. The van der Waals surface area contributed by atoms with Gasteiger partial charge in [-0.15, -0.1) is 0 Å². The Hall–Kier alpha value is -2.53. The number of likely N-dealkylation sites (N-methyl/N-ethyl adjacent to an activating group) is 1. The van der Waals surface area contributed by atoms with Gasteiger partial charge in [0.05, 0.1) is 26.2 Å². The Morgan fingerprint density at radius 2 is 1.73 bits per heavy atom. The third-order valence-electron chi connectivity index (χ3n) is 5.24. The lowest BCUT2D eigenvalue weighted by Crippen LogP contribution is -3.19. The van der Waals surface area contributed by atoms with Crippen molar-refractivity contribution in [3.05, 3.63) is 60.2 Å². The number of amides is 1. The van der Waals surface area contributed by atoms with Crippen molar-refractivity contribution in [1.82, 2.24) is 4.90 Å². The van der Waals surface area contributed by atoms with Gasteiger partial charge in [0.25, 0.3) is 5.91 Å². The zero-order valence-electron chi connectivity index (χ0n) is 15.6. The first-order chi connectivity index (χ1) is 12.5. The second kappa shape index (κ2) is 8.23. The first-order valence-electron chi connectivity index (χ1n) is 9.22. The number of hydrogen-bond donors (Lipinski definition) is 2. The number of nitrogens with zero attached hydrogens (tertiary/aromatic N) is 2. The van der Waals surface area contributed by atoms with E-state index in [1.54, 1.807) is 12.1 Å². The van der Waals surface area contributed by atoms with Crippen LogP contribution in [0.5, 0.6) is 5.75 Å². The van der Waals surface area contributed by atoms with Crippen LogP contribution in [0, 0.1) is 0 Å². The van der Waals surface area contributed by atoms with Gasteiger partial charge >= 0.3 is 0 Å². The van der Waals surface area contributed by atoms with E-state index in [0.29, 0.717) is 12.3 Å². The maximum absolute atomic E-state index is 12.8. The van der Waals surface area contributed by atoms with Gasteiger partial charge in [-0.1, -0.05) is 30.3 Å². The highest BCUT2D eigenvalue weighted by atomic mass is 16.3. The van der Waals surface area contributed by atoms with Crippen LogP contribution in [0.1, 0.15) is 12.5 Å². The summed E-state index contributed by atoms with van der Waals surface area (Å²) in [5.41, 5.74) is 2.28. The molecule has 1 saturated heterocycles. The molecular weight excluding hydrogens is 326 g/mol. The molecule has 1 heterocycles. The Bertz CT molecular complexity index is 710. The second-order valence-electron chi connectivity index (χ2n) is 7.06. The Balaban J connectivity index is 1.53. The molecule has 2 aromatic rings. The van der Waals surface area contributed by atoms with Crippen molar-refractivity contribution in [2.75, 3.05) is 38.1 Å². The fourth-order valence-corrected chi connectivity index (χ4v) is 3.59. The van der Waals surface area contributed by atoms with Crippen LogP contribution in [0.2, 0.25) is 0 Å². The number of quaternary nitrogens is 1. The lowest BCUT2D eigenvalue weighted by molar-refractivity contribution is -0.915. The molecule has 5 heteroatoms. The highest BCUT2D eigenvalue weighted by molar-refractivity contribution is 5.79. The fourth-order valence-electron chi connectivity index (χ4n) is 3.59. The van der Waals surface area contributed by atoms with Crippen LogP contribution < -0.4 is 9.80 Å². The predicted molar refractivity (Wildman–Crippen MR) is 103 cm³/mol. The number of phenolic OH excluding ortho intramolecular Hbond substituents is 1. The largest absolute Gasteiger partial charge is 0.508 e. The molecule has 0 spiro atoms. The van der Waals surface area contributed by atoms with Crippen molar-refractivity contribution >= 4 is 11.6 Å². The van der Waals surface area contributed by atoms with Crippen molar-refractivity contribution in [2.24, 2.45) is 0 Å². The molecule has 0 unspecified atom stereocenters. The minimum absolute atomic E-state index is 0.0364. The van der Waals surface area contributed by atoms with Crippen LogP contribution in [-0.4, -0.2) is 55.2 Å². The highest BCUT2D eigenvalue weighted by Crippen LogP contribution is 2.18. The van der Waals surface area contributed by atoms with Gasteiger partial charge in [-0.2, -0.15) is 0 Å². The van der Waals surface area contributed by atoms with E-state index < -0.39 is 0 Å².